The van der Waals surface area contributed by atoms with E-state index in [1.54, 1.807) is 18.5 Å². The van der Waals surface area contributed by atoms with Crippen molar-refractivity contribution in [3.63, 3.8) is 0 Å². The predicted octanol–water partition coefficient (Wildman–Crippen LogP) is 3.52. The van der Waals surface area contributed by atoms with Crippen LogP contribution in [0.1, 0.15) is 34.3 Å². The molecule has 1 aromatic carbocycles. The van der Waals surface area contributed by atoms with E-state index in [4.69, 9.17) is 5.73 Å². The number of nitrogens with one attached hydrogen (secondary N) is 1. The molecule has 3 aromatic rings. The number of H-pyrrole nitrogens is 1. The van der Waals surface area contributed by atoms with Crippen molar-refractivity contribution in [2.24, 2.45) is 5.73 Å². The first kappa shape index (κ1) is 16.2. The highest BCUT2D eigenvalue weighted by molar-refractivity contribution is 6.07. The van der Waals surface area contributed by atoms with Crippen LogP contribution in [0.3, 0.4) is 0 Å². The van der Waals surface area contributed by atoms with E-state index in [1.807, 2.05) is 25.1 Å². The number of carboxylic acids is 1. The van der Waals surface area contributed by atoms with Gasteiger partial charge in [0.25, 0.3) is 0 Å². The summed E-state index contributed by atoms with van der Waals surface area (Å²) >= 11 is 0. The van der Waals surface area contributed by atoms with E-state index in [1.165, 1.54) is 0 Å². The Morgan fingerprint density at radius 1 is 1.21 bits per heavy atom. The summed E-state index contributed by atoms with van der Waals surface area (Å²) in [6.45, 7) is 2.63. The number of aromatic carboxylic acids is 1. The van der Waals surface area contributed by atoms with Gasteiger partial charge in [0.2, 0.25) is 0 Å². The Morgan fingerprint density at radius 3 is 2.62 bits per heavy atom. The van der Waals surface area contributed by atoms with Crippen LogP contribution in [0.4, 0.5) is 0 Å². The third-order valence-electron chi connectivity index (χ3n) is 4.35. The number of unbranched alkanes of at least 4 members (excludes halogenated alkanes) is 1. The highest BCUT2D eigenvalue weighted by Gasteiger charge is 2.20. The van der Waals surface area contributed by atoms with Crippen molar-refractivity contribution >= 4 is 16.9 Å². The lowest BCUT2D eigenvalue weighted by Crippen LogP contribution is -2.01. The van der Waals surface area contributed by atoms with E-state index in [2.05, 4.69) is 9.97 Å². The minimum atomic E-state index is -0.902. The molecule has 0 saturated carbocycles. The zero-order chi connectivity index (χ0) is 17.1. The van der Waals surface area contributed by atoms with Crippen molar-refractivity contribution in [2.75, 3.05) is 6.54 Å². The first-order valence-corrected chi connectivity index (χ1v) is 8.11. The van der Waals surface area contributed by atoms with Gasteiger partial charge in [-0.15, -0.1) is 0 Å². The molecular formula is C19H21N3O2. The number of carboxylic acid groups (broad SMARTS) is 1. The van der Waals surface area contributed by atoms with Crippen molar-refractivity contribution in [1.82, 2.24) is 9.97 Å². The predicted molar refractivity (Wildman–Crippen MR) is 95.2 cm³/mol. The minimum absolute atomic E-state index is 0.343. The van der Waals surface area contributed by atoms with Crippen LogP contribution in [0.2, 0.25) is 0 Å². The van der Waals surface area contributed by atoms with Crippen molar-refractivity contribution in [3.8, 4) is 11.3 Å². The first-order chi connectivity index (χ1) is 11.6. The fraction of sp³-hybridized carbons (Fsp3) is 0.263. The molecule has 0 bridgehead atoms. The number of nitrogens with zero attached hydrogens (tertiary/aromatic N) is 1. The highest BCUT2D eigenvalue weighted by atomic mass is 16.4. The second-order valence-corrected chi connectivity index (χ2v) is 5.95. The van der Waals surface area contributed by atoms with Gasteiger partial charge in [-0.2, -0.15) is 0 Å². The maximum Gasteiger partial charge on any atom is 0.336 e. The third kappa shape index (κ3) is 2.90. The summed E-state index contributed by atoms with van der Waals surface area (Å²) in [4.78, 5) is 19.2. The summed E-state index contributed by atoms with van der Waals surface area (Å²) in [5, 5.41) is 10.4. The number of hydrogen-bond donors (Lipinski definition) is 3. The molecule has 0 aliphatic rings. The summed E-state index contributed by atoms with van der Waals surface area (Å²) in [6, 6.07) is 7.42. The number of aromatic nitrogens is 2. The molecule has 0 aliphatic heterocycles. The van der Waals surface area contributed by atoms with E-state index in [9.17, 15) is 9.90 Å². The summed E-state index contributed by atoms with van der Waals surface area (Å²) < 4.78 is 0. The lowest BCUT2D eigenvalue weighted by Gasteiger charge is -2.07. The number of rotatable bonds is 6. The smallest absolute Gasteiger partial charge is 0.336 e. The monoisotopic (exact) mass is 323 g/mol. The molecule has 0 saturated heterocycles. The maximum absolute atomic E-state index is 11.7. The molecule has 0 spiro atoms. The maximum atomic E-state index is 11.7. The lowest BCUT2D eigenvalue weighted by atomic mass is 9.96. The molecule has 0 unspecified atom stereocenters. The summed E-state index contributed by atoms with van der Waals surface area (Å²) in [7, 11) is 0. The van der Waals surface area contributed by atoms with Gasteiger partial charge in [0.05, 0.1) is 5.56 Å². The molecule has 2 heterocycles. The third-order valence-corrected chi connectivity index (χ3v) is 4.35. The van der Waals surface area contributed by atoms with Crippen LogP contribution in [0.5, 0.6) is 0 Å². The Bertz CT molecular complexity index is 869. The van der Waals surface area contributed by atoms with Gasteiger partial charge in [0.1, 0.15) is 0 Å². The largest absolute Gasteiger partial charge is 0.478 e. The van der Waals surface area contributed by atoms with E-state index in [0.29, 0.717) is 12.1 Å². The minimum Gasteiger partial charge on any atom is -0.478 e. The standard InChI is InChI=1S/C19H21N3O2/c1-12-5-6-15(19(23)24)16-14(4-2-3-9-20)18(22-17(12)16)13-7-10-21-11-8-13/h5-8,10-11,22H,2-4,9,20H2,1H3,(H,23,24). The molecule has 0 amide bonds. The molecule has 0 radical (unpaired) electrons. The average Bonchev–Trinajstić information content (AvgIpc) is 2.96. The zero-order valence-corrected chi connectivity index (χ0v) is 13.7. The van der Waals surface area contributed by atoms with Crippen LogP contribution >= 0.6 is 0 Å². The number of carbonyl (C=O) groups is 1. The number of hydrogen-bond acceptors (Lipinski definition) is 3. The van der Waals surface area contributed by atoms with Gasteiger partial charge in [0.15, 0.2) is 0 Å². The van der Waals surface area contributed by atoms with Crippen molar-refractivity contribution in [2.45, 2.75) is 26.2 Å². The second kappa shape index (κ2) is 6.84. The van der Waals surface area contributed by atoms with Crippen LogP contribution in [-0.4, -0.2) is 27.6 Å². The summed E-state index contributed by atoms with van der Waals surface area (Å²) in [5.74, 6) is -0.902. The Kier molecular flexibility index (Phi) is 4.62. The number of pyridine rings is 1. The van der Waals surface area contributed by atoms with Crippen LogP contribution in [0, 0.1) is 6.92 Å². The van der Waals surface area contributed by atoms with Crippen LogP contribution in [0.25, 0.3) is 22.2 Å². The van der Waals surface area contributed by atoms with Gasteiger partial charge in [-0.05, 0) is 62.1 Å². The molecule has 5 heteroatoms. The average molecular weight is 323 g/mol. The molecule has 4 N–H and O–H groups in total. The van der Waals surface area contributed by atoms with Gasteiger partial charge in [-0.25, -0.2) is 4.79 Å². The molecule has 0 atom stereocenters. The van der Waals surface area contributed by atoms with Crippen LogP contribution < -0.4 is 5.73 Å². The highest BCUT2D eigenvalue weighted by Crippen LogP contribution is 2.35. The van der Waals surface area contributed by atoms with Crippen molar-refractivity contribution in [1.29, 1.82) is 0 Å². The number of nitrogens with two attached hydrogens (primary N) is 1. The molecule has 124 valence electrons. The molecular weight excluding hydrogens is 302 g/mol. The summed E-state index contributed by atoms with van der Waals surface area (Å²) in [5.41, 5.74) is 10.9. The van der Waals surface area contributed by atoms with Gasteiger partial charge >= 0.3 is 5.97 Å². The molecule has 5 nitrogen and oxygen atoms in total. The molecule has 0 fully saturated rings. The van der Waals surface area contributed by atoms with Crippen LogP contribution in [-0.2, 0) is 6.42 Å². The SMILES string of the molecule is Cc1ccc(C(=O)O)c2c(CCCCN)c(-c3ccncc3)[nH]c12. The van der Waals surface area contributed by atoms with E-state index in [-0.39, 0.29) is 0 Å². The number of benzene rings is 1. The molecule has 2 aromatic heterocycles. The fourth-order valence-corrected chi connectivity index (χ4v) is 3.15. The first-order valence-electron chi connectivity index (χ1n) is 8.11. The quantitative estimate of drug-likeness (QED) is 0.605. The van der Waals surface area contributed by atoms with Gasteiger partial charge in [-0.1, -0.05) is 6.07 Å². The zero-order valence-electron chi connectivity index (χ0n) is 13.7. The van der Waals surface area contributed by atoms with Gasteiger partial charge in [-0.3, -0.25) is 4.98 Å². The number of aromatic amines is 1. The molecule has 0 aliphatic carbocycles. The summed E-state index contributed by atoms with van der Waals surface area (Å²) in [6.07, 6.45) is 6.12. The Morgan fingerprint density at radius 2 is 1.96 bits per heavy atom. The van der Waals surface area contributed by atoms with Crippen molar-refractivity contribution in [3.05, 3.63) is 53.3 Å². The second-order valence-electron chi connectivity index (χ2n) is 5.95. The lowest BCUT2D eigenvalue weighted by molar-refractivity contribution is 0.0699. The van der Waals surface area contributed by atoms with Crippen molar-refractivity contribution < 1.29 is 9.90 Å². The number of aryl methyl sites for hydroxylation is 2. The van der Waals surface area contributed by atoms with Gasteiger partial charge < -0.3 is 15.8 Å². The normalized spacial score (nSPS) is 11.1. The van der Waals surface area contributed by atoms with E-state index < -0.39 is 5.97 Å². The van der Waals surface area contributed by atoms with Crippen LogP contribution in [0.15, 0.2) is 36.7 Å². The Labute approximate surface area is 140 Å². The topological polar surface area (TPSA) is 92.0 Å². The Hall–Kier alpha value is -2.66. The van der Waals surface area contributed by atoms with Gasteiger partial charge in [0, 0.05) is 34.6 Å². The number of fused-ring (bicyclic) bond motifs is 1. The Balaban J connectivity index is 2.27. The van der Waals surface area contributed by atoms with E-state index in [0.717, 1.165) is 52.5 Å². The molecule has 3 rings (SSSR count). The fourth-order valence-electron chi connectivity index (χ4n) is 3.15. The van der Waals surface area contributed by atoms with E-state index >= 15 is 0 Å². The molecule has 24 heavy (non-hydrogen) atoms.